The van der Waals surface area contributed by atoms with Crippen molar-refractivity contribution in [3.8, 4) is 0 Å². The number of thioether (sulfide) groups is 1. The molecule has 2 rings (SSSR count). The van der Waals surface area contributed by atoms with Crippen molar-refractivity contribution in [3.63, 3.8) is 0 Å². The Balaban J connectivity index is 1.83. The van der Waals surface area contributed by atoms with Crippen molar-refractivity contribution in [2.24, 2.45) is 5.92 Å². The fourth-order valence-corrected chi connectivity index (χ4v) is 4.60. The van der Waals surface area contributed by atoms with Crippen molar-refractivity contribution in [2.75, 3.05) is 26.4 Å². The predicted molar refractivity (Wildman–Crippen MR) is 82.4 cm³/mol. The molecule has 4 atom stereocenters. The van der Waals surface area contributed by atoms with Gasteiger partial charge in [0.1, 0.15) is 0 Å². The highest BCUT2D eigenvalue weighted by Gasteiger charge is 2.29. The molecular formula is C15H30N2S. The summed E-state index contributed by atoms with van der Waals surface area (Å²) in [6, 6.07) is 1.45. The van der Waals surface area contributed by atoms with E-state index in [0.717, 1.165) is 17.2 Å². The Labute approximate surface area is 117 Å². The fourth-order valence-electron chi connectivity index (χ4n) is 3.66. The molecule has 1 saturated carbocycles. The minimum atomic E-state index is 0.686. The number of hydrogen-bond acceptors (Lipinski definition) is 3. The van der Waals surface area contributed by atoms with E-state index < -0.39 is 0 Å². The number of likely N-dealkylation sites (tertiary alicyclic amines) is 1. The fraction of sp³-hybridized carbons (Fsp3) is 1.00. The zero-order valence-electron chi connectivity index (χ0n) is 12.3. The van der Waals surface area contributed by atoms with Gasteiger partial charge in [-0.05, 0) is 58.4 Å². The van der Waals surface area contributed by atoms with Crippen LogP contribution in [0.3, 0.4) is 0 Å². The Kier molecular flexibility index (Phi) is 5.84. The Morgan fingerprint density at radius 1 is 1.17 bits per heavy atom. The second-order valence-corrected chi connectivity index (χ2v) is 7.36. The van der Waals surface area contributed by atoms with Crippen LogP contribution in [0.2, 0.25) is 0 Å². The molecule has 106 valence electrons. The summed E-state index contributed by atoms with van der Waals surface area (Å²) in [6.45, 7) is 4.99. The van der Waals surface area contributed by atoms with Gasteiger partial charge in [0.25, 0.3) is 0 Å². The molecule has 0 radical (unpaired) electrons. The maximum absolute atomic E-state index is 3.96. The lowest BCUT2D eigenvalue weighted by Crippen LogP contribution is -2.50. The number of nitrogens with zero attached hydrogens (tertiary/aromatic N) is 1. The highest BCUT2D eigenvalue weighted by Crippen LogP contribution is 2.28. The molecule has 0 aromatic carbocycles. The Hall–Kier alpha value is 0.270. The van der Waals surface area contributed by atoms with Crippen LogP contribution in [0.4, 0.5) is 0 Å². The Morgan fingerprint density at radius 2 is 1.94 bits per heavy atom. The predicted octanol–water partition coefficient (Wildman–Crippen LogP) is 2.98. The zero-order valence-corrected chi connectivity index (χ0v) is 13.1. The van der Waals surface area contributed by atoms with Crippen LogP contribution in [0.25, 0.3) is 0 Å². The molecular weight excluding hydrogens is 240 g/mol. The van der Waals surface area contributed by atoms with Crippen LogP contribution in [0.5, 0.6) is 0 Å². The highest BCUT2D eigenvalue weighted by atomic mass is 32.2. The van der Waals surface area contributed by atoms with E-state index in [0.29, 0.717) is 6.04 Å². The van der Waals surface area contributed by atoms with Gasteiger partial charge in [-0.25, -0.2) is 0 Å². The summed E-state index contributed by atoms with van der Waals surface area (Å²) in [5.41, 5.74) is 0. The van der Waals surface area contributed by atoms with Gasteiger partial charge in [0.05, 0.1) is 0 Å². The second kappa shape index (κ2) is 7.16. The van der Waals surface area contributed by atoms with Gasteiger partial charge in [0.2, 0.25) is 0 Å². The summed E-state index contributed by atoms with van der Waals surface area (Å²) in [6.07, 6.45) is 10.7. The Morgan fingerprint density at radius 3 is 2.67 bits per heavy atom. The number of hydrogen-bond donors (Lipinski definition) is 1. The van der Waals surface area contributed by atoms with E-state index in [1.165, 1.54) is 51.6 Å². The minimum absolute atomic E-state index is 0.686. The molecule has 0 spiro atoms. The average Bonchev–Trinajstić information content (AvgIpc) is 2.39. The van der Waals surface area contributed by atoms with Crippen LogP contribution in [0.1, 0.15) is 45.4 Å². The largest absolute Gasteiger partial charge is 0.310 e. The number of nitrogens with one attached hydrogen (secondary N) is 1. The van der Waals surface area contributed by atoms with Gasteiger partial charge in [-0.2, -0.15) is 11.8 Å². The van der Waals surface area contributed by atoms with E-state index in [1.807, 2.05) is 0 Å². The summed E-state index contributed by atoms with van der Waals surface area (Å²) in [5.74, 6) is 0.855. The van der Waals surface area contributed by atoms with Crippen molar-refractivity contribution in [1.29, 1.82) is 0 Å². The van der Waals surface area contributed by atoms with E-state index in [4.69, 9.17) is 0 Å². The van der Waals surface area contributed by atoms with Crippen LogP contribution in [0.15, 0.2) is 0 Å². The van der Waals surface area contributed by atoms with Crippen molar-refractivity contribution in [1.82, 2.24) is 10.2 Å². The SMILES string of the molecule is CSC1CCCCC1NC(C)C1CCCN(C)C1. The lowest BCUT2D eigenvalue weighted by molar-refractivity contribution is 0.168. The van der Waals surface area contributed by atoms with Crippen LogP contribution < -0.4 is 5.32 Å². The maximum Gasteiger partial charge on any atom is 0.0198 e. The maximum atomic E-state index is 3.96. The van der Waals surface area contributed by atoms with Crippen LogP contribution in [-0.4, -0.2) is 48.6 Å². The molecule has 1 N–H and O–H groups in total. The summed E-state index contributed by atoms with van der Waals surface area (Å²) in [4.78, 5) is 2.50. The topological polar surface area (TPSA) is 15.3 Å². The van der Waals surface area contributed by atoms with Crippen LogP contribution in [0, 0.1) is 5.92 Å². The molecule has 4 unspecified atom stereocenters. The number of piperidine rings is 1. The molecule has 3 heteroatoms. The third-order valence-corrected chi connectivity index (χ3v) is 6.02. The molecule has 0 aromatic rings. The lowest BCUT2D eigenvalue weighted by Gasteiger charge is -2.39. The third kappa shape index (κ3) is 3.88. The van der Waals surface area contributed by atoms with E-state index in [9.17, 15) is 0 Å². The standard InChI is InChI=1S/C15H30N2S/c1-12(13-7-6-10-17(2)11-13)16-14-8-4-5-9-15(14)18-3/h12-16H,4-11H2,1-3H3. The van der Waals surface area contributed by atoms with E-state index in [2.05, 4.69) is 42.2 Å². The quantitative estimate of drug-likeness (QED) is 0.845. The first-order chi connectivity index (χ1) is 8.70. The van der Waals surface area contributed by atoms with E-state index >= 15 is 0 Å². The summed E-state index contributed by atoms with van der Waals surface area (Å²) >= 11 is 2.07. The second-order valence-electron chi connectivity index (χ2n) is 6.28. The van der Waals surface area contributed by atoms with Gasteiger partial charge >= 0.3 is 0 Å². The minimum Gasteiger partial charge on any atom is -0.310 e. The van der Waals surface area contributed by atoms with Gasteiger partial charge < -0.3 is 10.2 Å². The third-order valence-electron chi connectivity index (χ3n) is 4.85. The van der Waals surface area contributed by atoms with Gasteiger partial charge in [0.15, 0.2) is 0 Å². The van der Waals surface area contributed by atoms with Crippen molar-refractivity contribution >= 4 is 11.8 Å². The average molecular weight is 270 g/mol. The molecule has 2 nitrogen and oxygen atoms in total. The molecule has 0 amide bonds. The molecule has 1 saturated heterocycles. The Bertz CT molecular complexity index is 247. The summed E-state index contributed by atoms with van der Waals surface area (Å²) in [7, 11) is 2.27. The van der Waals surface area contributed by atoms with Crippen LogP contribution >= 0.6 is 11.8 Å². The van der Waals surface area contributed by atoms with Gasteiger partial charge in [-0.1, -0.05) is 12.8 Å². The van der Waals surface area contributed by atoms with Gasteiger partial charge in [-0.15, -0.1) is 0 Å². The number of rotatable bonds is 4. The van der Waals surface area contributed by atoms with Crippen LogP contribution in [-0.2, 0) is 0 Å². The first-order valence-corrected chi connectivity index (χ1v) is 8.97. The smallest absolute Gasteiger partial charge is 0.0198 e. The molecule has 1 aliphatic carbocycles. The van der Waals surface area contributed by atoms with Crippen molar-refractivity contribution in [3.05, 3.63) is 0 Å². The molecule has 0 aromatic heterocycles. The van der Waals surface area contributed by atoms with Gasteiger partial charge in [-0.3, -0.25) is 0 Å². The van der Waals surface area contributed by atoms with Gasteiger partial charge in [0, 0.05) is 23.9 Å². The molecule has 2 aliphatic rings. The first-order valence-electron chi connectivity index (χ1n) is 7.68. The monoisotopic (exact) mass is 270 g/mol. The van der Waals surface area contributed by atoms with E-state index in [-0.39, 0.29) is 0 Å². The molecule has 1 heterocycles. The molecule has 2 fully saturated rings. The lowest BCUT2D eigenvalue weighted by atomic mass is 9.89. The summed E-state index contributed by atoms with van der Waals surface area (Å²) in [5, 5.41) is 4.81. The zero-order chi connectivity index (χ0) is 13.0. The summed E-state index contributed by atoms with van der Waals surface area (Å²) < 4.78 is 0. The first kappa shape index (κ1) is 14.7. The van der Waals surface area contributed by atoms with Crippen molar-refractivity contribution in [2.45, 2.75) is 62.8 Å². The highest BCUT2D eigenvalue weighted by molar-refractivity contribution is 7.99. The molecule has 0 bridgehead atoms. The van der Waals surface area contributed by atoms with Crippen molar-refractivity contribution < 1.29 is 0 Å². The normalized spacial score (nSPS) is 36.5. The van der Waals surface area contributed by atoms with E-state index in [1.54, 1.807) is 0 Å². The molecule has 1 aliphatic heterocycles. The molecule has 18 heavy (non-hydrogen) atoms.